The van der Waals surface area contributed by atoms with E-state index >= 15 is 0 Å². The quantitative estimate of drug-likeness (QED) is 0.457. The average Bonchev–Trinajstić information content (AvgIpc) is 3.23. The van der Waals surface area contributed by atoms with E-state index in [9.17, 15) is 13.2 Å². The predicted octanol–water partition coefficient (Wildman–Crippen LogP) is 6.17. The number of allylic oxidation sites excluding steroid dienone is 1. The molecule has 0 saturated heterocycles. The van der Waals surface area contributed by atoms with Crippen LogP contribution in [0.3, 0.4) is 0 Å². The maximum absolute atomic E-state index is 13.5. The number of alkyl halides is 3. The largest absolute Gasteiger partial charge is 0.453 e. The molecule has 0 saturated carbocycles. The van der Waals surface area contributed by atoms with Gasteiger partial charge in [0.25, 0.3) is 5.82 Å². The summed E-state index contributed by atoms with van der Waals surface area (Å²) in [6.07, 6.45) is -2.45. The van der Waals surface area contributed by atoms with Crippen molar-refractivity contribution < 1.29 is 13.2 Å². The Labute approximate surface area is 198 Å². The Morgan fingerprint density at radius 1 is 1.12 bits per heavy atom. The van der Waals surface area contributed by atoms with Gasteiger partial charge in [-0.25, -0.2) is 4.68 Å². The van der Waals surface area contributed by atoms with Gasteiger partial charge in [0.1, 0.15) is 6.04 Å². The maximum Gasteiger partial charge on any atom is 0.453 e. The molecule has 0 radical (unpaired) electrons. The van der Waals surface area contributed by atoms with E-state index in [0.717, 1.165) is 28.8 Å². The van der Waals surface area contributed by atoms with Gasteiger partial charge < -0.3 is 10.6 Å². The smallest absolute Gasteiger partial charge is 0.326 e. The Balaban J connectivity index is 1.76. The molecule has 0 fully saturated rings. The van der Waals surface area contributed by atoms with Crippen LogP contribution in [0.15, 0.2) is 59.8 Å². The van der Waals surface area contributed by atoms with E-state index < -0.39 is 23.6 Å². The first-order valence-electron chi connectivity index (χ1n) is 10.5. The van der Waals surface area contributed by atoms with Crippen LogP contribution in [0.4, 0.5) is 19.1 Å². The standard InChI is InChI=1S/C23H20Cl2F3N5/c1-29-22(16-6-2-3-7-17(16)25)12-4-5-15-18(13-8-10-14(24)11-9-13)33-21(30-19(15)22)31-20(32-33)23(26,27)28/h2-3,6-11,18,29H,4-5,12H2,1H3,(H,30,31,32). The summed E-state index contributed by atoms with van der Waals surface area (Å²) in [7, 11) is 1.83. The van der Waals surface area contributed by atoms with E-state index in [1.807, 2.05) is 43.4 Å². The summed E-state index contributed by atoms with van der Waals surface area (Å²) >= 11 is 12.7. The molecule has 10 heteroatoms. The first-order valence-corrected chi connectivity index (χ1v) is 11.2. The van der Waals surface area contributed by atoms with Crippen LogP contribution in [0.1, 0.15) is 42.3 Å². The molecule has 5 rings (SSSR count). The molecule has 2 atom stereocenters. The van der Waals surface area contributed by atoms with Crippen molar-refractivity contribution in [2.45, 2.75) is 37.0 Å². The number of fused-ring (bicyclic) bond motifs is 1. The third kappa shape index (κ3) is 3.61. The van der Waals surface area contributed by atoms with E-state index in [0.29, 0.717) is 22.9 Å². The van der Waals surface area contributed by atoms with Crippen LogP contribution in [-0.2, 0) is 11.7 Å². The topological polar surface area (TPSA) is 54.8 Å². The van der Waals surface area contributed by atoms with E-state index in [1.165, 1.54) is 4.68 Å². The number of rotatable bonds is 3. The molecule has 2 heterocycles. The number of nitrogens with one attached hydrogen (secondary N) is 2. The molecular formula is C23H20Cl2F3N5. The van der Waals surface area contributed by atoms with Crippen molar-refractivity contribution in [1.82, 2.24) is 20.1 Å². The van der Waals surface area contributed by atoms with Crippen molar-refractivity contribution in [3.05, 3.63) is 86.8 Å². The SMILES string of the molecule is CNC1(c2ccccc2Cl)CCCC2=C1Nc1nc(C(F)(F)F)nn1C2c1ccc(Cl)cc1. The molecule has 172 valence electrons. The number of halogens is 5. The van der Waals surface area contributed by atoms with Crippen LogP contribution in [0.25, 0.3) is 0 Å². The summed E-state index contributed by atoms with van der Waals surface area (Å²) in [5.74, 6) is -1.15. The van der Waals surface area contributed by atoms with E-state index in [1.54, 1.807) is 12.1 Å². The highest BCUT2D eigenvalue weighted by Gasteiger charge is 2.47. The lowest BCUT2D eigenvalue weighted by Gasteiger charge is -2.45. The second-order valence-corrected chi connectivity index (χ2v) is 9.01. The summed E-state index contributed by atoms with van der Waals surface area (Å²) in [5, 5.41) is 11.6. The highest BCUT2D eigenvalue weighted by atomic mass is 35.5. The van der Waals surface area contributed by atoms with Gasteiger partial charge in [0.2, 0.25) is 5.95 Å². The van der Waals surface area contributed by atoms with Crippen molar-refractivity contribution in [1.29, 1.82) is 0 Å². The zero-order chi connectivity index (χ0) is 23.4. The monoisotopic (exact) mass is 493 g/mol. The summed E-state index contributed by atoms with van der Waals surface area (Å²) in [5.41, 5.74) is 2.61. The zero-order valence-corrected chi connectivity index (χ0v) is 19.1. The molecule has 1 aromatic heterocycles. The molecule has 2 N–H and O–H groups in total. The van der Waals surface area contributed by atoms with Crippen LogP contribution < -0.4 is 10.6 Å². The second kappa shape index (κ2) is 8.04. The predicted molar refractivity (Wildman–Crippen MR) is 121 cm³/mol. The third-order valence-corrected chi connectivity index (χ3v) is 6.97. The molecule has 33 heavy (non-hydrogen) atoms. The number of hydrogen-bond donors (Lipinski definition) is 2. The lowest BCUT2D eigenvalue weighted by Crippen LogP contribution is -2.49. The molecule has 1 aliphatic heterocycles. The highest BCUT2D eigenvalue weighted by Crippen LogP contribution is 2.50. The van der Waals surface area contributed by atoms with Crippen LogP contribution in [-0.4, -0.2) is 21.8 Å². The van der Waals surface area contributed by atoms with Crippen LogP contribution >= 0.6 is 23.2 Å². The molecule has 0 bridgehead atoms. The van der Waals surface area contributed by atoms with E-state index in [2.05, 4.69) is 20.7 Å². The molecular weight excluding hydrogens is 474 g/mol. The highest BCUT2D eigenvalue weighted by molar-refractivity contribution is 6.31. The molecule has 0 spiro atoms. The van der Waals surface area contributed by atoms with Crippen LogP contribution in [0.5, 0.6) is 0 Å². The second-order valence-electron chi connectivity index (χ2n) is 8.17. The minimum atomic E-state index is -4.67. The molecule has 1 aliphatic carbocycles. The van der Waals surface area contributed by atoms with Gasteiger partial charge in [-0.05, 0) is 61.2 Å². The van der Waals surface area contributed by atoms with Gasteiger partial charge in [0.05, 0.1) is 5.54 Å². The Bertz CT molecular complexity index is 1240. The Morgan fingerprint density at radius 2 is 1.85 bits per heavy atom. The number of likely N-dealkylation sites (N-methyl/N-ethyl adjacent to an activating group) is 1. The lowest BCUT2D eigenvalue weighted by molar-refractivity contribution is -0.145. The van der Waals surface area contributed by atoms with Crippen molar-refractivity contribution >= 4 is 29.2 Å². The molecule has 0 amide bonds. The minimum absolute atomic E-state index is 0.0367. The normalized spacial score (nSPS) is 22.5. The first-order chi connectivity index (χ1) is 15.7. The van der Waals surface area contributed by atoms with Gasteiger partial charge in [-0.1, -0.05) is 53.5 Å². The van der Waals surface area contributed by atoms with Gasteiger partial charge >= 0.3 is 6.18 Å². The Kier molecular flexibility index (Phi) is 5.42. The third-order valence-electron chi connectivity index (χ3n) is 6.39. The van der Waals surface area contributed by atoms with Crippen molar-refractivity contribution in [2.24, 2.45) is 0 Å². The van der Waals surface area contributed by atoms with Crippen LogP contribution in [0, 0.1) is 0 Å². The first kappa shape index (κ1) is 22.3. The number of aromatic nitrogens is 3. The summed E-state index contributed by atoms with van der Waals surface area (Å²) < 4.78 is 41.9. The summed E-state index contributed by atoms with van der Waals surface area (Å²) in [6.45, 7) is 0. The molecule has 2 unspecified atom stereocenters. The van der Waals surface area contributed by atoms with Crippen molar-refractivity contribution in [3.63, 3.8) is 0 Å². The van der Waals surface area contributed by atoms with Crippen molar-refractivity contribution in [3.8, 4) is 0 Å². The minimum Gasteiger partial charge on any atom is -0.326 e. The fourth-order valence-corrected chi connectivity index (χ4v) is 5.37. The number of benzene rings is 2. The molecule has 3 aromatic rings. The Hall–Kier alpha value is -2.55. The number of anilines is 1. The lowest BCUT2D eigenvalue weighted by atomic mass is 9.72. The van der Waals surface area contributed by atoms with Crippen molar-refractivity contribution in [2.75, 3.05) is 12.4 Å². The number of hydrogen-bond acceptors (Lipinski definition) is 4. The number of nitrogens with zero attached hydrogens (tertiary/aromatic N) is 3. The fourth-order valence-electron chi connectivity index (χ4n) is 4.95. The van der Waals surface area contributed by atoms with Crippen LogP contribution in [0.2, 0.25) is 10.0 Å². The fraction of sp³-hybridized carbons (Fsp3) is 0.304. The van der Waals surface area contributed by atoms with E-state index in [-0.39, 0.29) is 5.95 Å². The van der Waals surface area contributed by atoms with Gasteiger partial charge in [-0.15, -0.1) is 5.10 Å². The van der Waals surface area contributed by atoms with E-state index in [4.69, 9.17) is 23.2 Å². The Morgan fingerprint density at radius 3 is 2.52 bits per heavy atom. The maximum atomic E-state index is 13.5. The molecule has 2 aliphatic rings. The van der Waals surface area contributed by atoms with Gasteiger partial charge in [-0.3, -0.25) is 0 Å². The van der Waals surface area contributed by atoms with Gasteiger partial charge in [-0.2, -0.15) is 18.2 Å². The average molecular weight is 494 g/mol. The summed E-state index contributed by atoms with van der Waals surface area (Å²) in [4.78, 5) is 3.82. The zero-order valence-electron chi connectivity index (χ0n) is 17.5. The van der Waals surface area contributed by atoms with Gasteiger partial charge in [0, 0.05) is 15.7 Å². The molecule has 2 aromatic carbocycles. The van der Waals surface area contributed by atoms with Gasteiger partial charge in [0.15, 0.2) is 0 Å². The summed E-state index contributed by atoms with van der Waals surface area (Å²) in [6, 6.07) is 14.0. The molecule has 5 nitrogen and oxygen atoms in total.